The van der Waals surface area contributed by atoms with Crippen molar-refractivity contribution in [1.29, 1.82) is 0 Å². The van der Waals surface area contributed by atoms with E-state index in [2.05, 4.69) is 15.3 Å². The van der Waals surface area contributed by atoms with Crippen LogP contribution in [-0.4, -0.2) is 14.9 Å². The van der Waals surface area contributed by atoms with Crippen LogP contribution >= 0.6 is 0 Å². The van der Waals surface area contributed by atoms with E-state index < -0.39 is 22.2 Å². The van der Waals surface area contributed by atoms with E-state index in [1.165, 1.54) is 6.33 Å². The topological polar surface area (TPSA) is 81.0 Å². The first kappa shape index (κ1) is 13.9. The van der Waals surface area contributed by atoms with E-state index in [1.807, 2.05) is 0 Å². The molecule has 0 spiro atoms. The number of rotatable bonds is 5. The third kappa shape index (κ3) is 3.29. The Morgan fingerprint density at radius 3 is 2.70 bits per heavy atom. The maximum absolute atomic E-state index is 13.5. The first-order valence-electron chi connectivity index (χ1n) is 5.66. The number of nitrogens with zero attached hydrogens (tertiary/aromatic N) is 3. The van der Waals surface area contributed by atoms with Gasteiger partial charge >= 0.3 is 5.69 Å². The molecular weight excluding hydrogens is 270 g/mol. The first-order valence-corrected chi connectivity index (χ1v) is 5.66. The molecular formula is C12H10F2N4O2. The fourth-order valence-electron chi connectivity index (χ4n) is 1.60. The highest BCUT2D eigenvalue weighted by Crippen LogP contribution is 2.21. The molecule has 0 radical (unpaired) electrons. The molecule has 0 amide bonds. The van der Waals surface area contributed by atoms with Gasteiger partial charge in [-0.25, -0.2) is 14.4 Å². The molecule has 0 saturated carbocycles. The summed E-state index contributed by atoms with van der Waals surface area (Å²) in [6, 6.07) is 3.08. The Labute approximate surface area is 112 Å². The molecule has 2 rings (SSSR count). The van der Waals surface area contributed by atoms with Crippen LogP contribution in [0.1, 0.15) is 11.3 Å². The van der Waals surface area contributed by atoms with E-state index in [-0.39, 0.29) is 12.1 Å². The molecule has 104 valence electrons. The highest BCUT2D eigenvalue weighted by Gasteiger charge is 2.18. The van der Waals surface area contributed by atoms with Crippen molar-refractivity contribution in [3.63, 3.8) is 0 Å². The fraction of sp³-hybridized carbons (Fsp3) is 0.167. The van der Waals surface area contributed by atoms with Crippen molar-refractivity contribution in [1.82, 2.24) is 15.3 Å². The molecule has 0 aliphatic heterocycles. The Morgan fingerprint density at radius 1 is 1.25 bits per heavy atom. The number of benzene rings is 1. The molecule has 1 aromatic heterocycles. The summed E-state index contributed by atoms with van der Waals surface area (Å²) in [4.78, 5) is 17.4. The molecule has 1 aromatic carbocycles. The van der Waals surface area contributed by atoms with Gasteiger partial charge in [0.2, 0.25) is 5.82 Å². The summed E-state index contributed by atoms with van der Waals surface area (Å²) in [7, 11) is 0. The molecule has 0 fully saturated rings. The average Bonchev–Trinajstić information content (AvgIpc) is 2.42. The van der Waals surface area contributed by atoms with Crippen molar-refractivity contribution in [2.24, 2.45) is 0 Å². The van der Waals surface area contributed by atoms with E-state index in [4.69, 9.17) is 0 Å². The van der Waals surface area contributed by atoms with Gasteiger partial charge in [-0.1, -0.05) is 0 Å². The number of hydrogen-bond acceptors (Lipinski definition) is 5. The number of nitro benzene ring substituents is 1. The van der Waals surface area contributed by atoms with E-state index in [0.29, 0.717) is 18.3 Å². The highest BCUT2D eigenvalue weighted by molar-refractivity contribution is 5.37. The van der Waals surface area contributed by atoms with Gasteiger partial charge < -0.3 is 5.32 Å². The van der Waals surface area contributed by atoms with E-state index >= 15 is 0 Å². The molecule has 0 saturated heterocycles. The summed E-state index contributed by atoms with van der Waals surface area (Å²) in [5, 5.41) is 13.5. The van der Waals surface area contributed by atoms with Gasteiger partial charge in [0.1, 0.15) is 12.1 Å². The Morgan fingerprint density at radius 2 is 2.05 bits per heavy atom. The third-order valence-electron chi connectivity index (χ3n) is 2.58. The second-order valence-corrected chi connectivity index (χ2v) is 3.96. The van der Waals surface area contributed by atoms with Crippen molar-refractivity contribution >= 4 is 5.69 Å². The molecule has 2 aromatic rings. The second kappa shape index (κ2) is 6.11. The van der Waals surface area contributed by atoms with Gasteiger partial charge in [0.25, 0.3) is 0 Å². The number of nitro groups is 1. The Kier molecular flexibility index (Phi) is 4.26. The van der Waals surface area contributed by atoms with Gasteiger partial charge in [-0.3, -0.25) is 10.1 Å². The van der Waals surface area contributed by atoms with Gasteiger partial charge in [0.05, 0.1) is 10.6 Å². The normalized spacial score (nSPS) is 10.5. The first-order chi connectivity index (χ1) is 9.58. The van der Waals surface area contributed by atoms with Crippen LogP contribution in [0.15, 0.2) is 30.7 Å². The summed E-state index contributed by atoms with van der Waals surface area (Å²) in [6.45, 7) is 0.365. The monoisotopic (exact) mass is 280 g/mol. The lowest BCUT2D eigenvalue weighted by atomic mass is 10.1. The molecule has 0 atom stereocenters. The molecule has 20 heavy (non-hydrogen) atoms. The molecule has 0 bridgehead atoms. The SMILES string of the molecule is O=[N+]([O-])c1cc(CNCc2ccncn2)c(F)cc1F. The largest absolute Gasteiger partial charge is 0.307 e. The number of hydrogen-bond donors (Lipinski definition) is 1. The predicted molar refractivity (Wildman–Crippen MR) is 65.6 cm³/mol. The zero-order valence-electron chi connectivity index (χ0n) is 10.2. The van der Waals surface area contributed by atoms with Crippen LogP contribution in [0, 0.1) is 21.7 Å². The Balaban J connectivity index is 2.06. The predicted octanol–water partition coefficient (Wildman–Crippen LogP) is 1.95. The number of nitrogens with one attached hydrogen (secondary N) is 1. The summed E-state index contributed by atoms with van der Waals surface area (Å²) in [5.74, 6) is -2.02. The van der Waals surface area contributed by atoms with Crippen LogP contribution in [0.25, 0.3) is 0 Å². The van der Waals surface area contributed by atoms with Gasteiger partial charge in [0, 0.05) is 37.0 Å². The maximum atomic E-state index is 13.5. The van der Waals surface area contributed by atoms with Crippen molar-refractivity contribution in [2.75, 3.05) is 0 Å². The van der Waals surface area contributed by atoms with E-state index in [0.717, 1.165) is 6.07 Å². The molecule has 0 aliphatic rings. The second-order valence-electron chi connectivity index (χ2n) is 3.96. The minimum absolute atomic E-state index is 0.0205. The zero-order valence-corrected chi connectivity index (χ0v) is 10.2. The molecule has 8 heteroatoms. The van der Waals surface area contributed by atoms with Crippen molar-refractivity contribution < 1.29 is 13.7 Å². The standard InChI is InChI=1S/C12H10F2N4O2/c13-10-4-11(14)12(18(19)20)3-8(10)5-16-6-9-1-2-15-7-17-9/h1-4,7,16H,5-6H2. The van der Waals surface area contributed by atoms with Crippen LogP contribution in [-0.2, 0) is 13.1 Å². The smallest absolute Gasteiger partial charge is 0.305 e. The fourth-order valence-corrected chi connectivity index (χ4v) is 1.60. The van der Waals surface area contributed by atoms with Crippen LogP contribution in [0.3, 0.4) is 0 Å². The van der Waals surface area contributed by atoms with Crippen molar-refractivity contribution in [3.05, 3.63) is 63.7 Å². The summed E-state index contributed by atoms with van der Waals surface area (Å²) in [6.07, 6.45) is 2.94. The Hall–Kier alpha value is -2.48. The summed E-state index contributed by atoms with van der Waals surface area (Å²) < 4.78 is 26.6. The number of aromatic nitrogens is 2. The van der Waals surface area contributed by atoms with Gasteiger partial charge in [0.15, 0.2) is 0 Å². The summed E-state index contributed by atoms with van der Waals surface area (Å²) >= 11 is 0. The molecule has 1 heterocycles. The lowest BCUT2D eigenvalue weighted by Crippen LogP contribution is -2.15. The minimum atomic E-state index is -1.19. The maximum Gasteiger partial charge on any atom is 0.305 e. The van der Waals surface area contributed by atoms with Gasteiger partial charge in [-0.2, -0.15) is 4.39 Å². The van der Waals surface area contributed by atoms with Crippen molar-refractivity contribution in [2.45, 2.75) is 13.1 Å². The lowest BCUT2D eigenvalue weighted by Gasteiger charge is -2.06. The highest BCUT2D eigenvalue weighted by atomic mass is 19.1. The summed E-state index contributed by atoms with van der Waals surface area (Å²) in [5.41, 5.74) is -0.0330. The minimum Gasteiger partial charge on any atom is -0.307 e. The van der Waals surface area contributed by atoms with E-state index in [1.54, 1.807) is 12.3 Å². The van der Waals surface area contributed by atoms with Crippen LogP contribution in [0.4, 0.5) is 14.5 Å². The molecule has 0 unspecified atom stereocenters. The van der Waals surface area contributed by atoms with Crippen LogP contribution in [0.5, 0.6) is 0 Å². The van der Waals surface area contributed by atoms with Gasteiger partial charge in [-0.15, -0.1) is 0 Å². The van der Waals surface area contributed by atoms with Crippen LogP contribution in [0.2, 0.25) is 0 Å². The van der Waals surface area contributed by atoms with Crippen molar-refractivity contribution in [3.8, 4) is 0 Å². The van der Waals surface area contributed by atoms with Crippen LogP contribution < -0.4 is 5.32 Å². The van der Waals surface area contributed by atoms with Gasteiger partial charge in [-0.05, 0) is 6.07 Å². The zero-order chi connectivity index (χ0) is 14.5. The quantitative estimate of drug-likeness (QED) is 0.668. The molecule has 0 aliphatic carbocycles. The number of halogens is 2. The average molecular weight is 280 g/mol. The molecule has 6 nitrogen and oxygen atoms in total. The lowest BCUT2D eigenvalue weighted by molar-refractivity contribution is -0.387. The third-order valence-corrected chi connectivity index (χ3v) is 2.58. The Bertz CT molecular complexity index is 622. The van der Waals surface area contributed by atoms with E-state index in [9.17, 15) is 18.9 Å². The molecule has 1 N–H and O–H groups in total.